The van der Waals surface area contributed by atoms with E-state index in [4.69, 9.17) is 0 Å². The van der Waals surface area contributed by atoms with Crippen molar-refractivity contribution >= 4 is 23.3 Å². The number of rotatable bonds is 5. The van der Waals surface area contributed by atoms with Gasteiger partial charge in [0, 0.05) is 23.7 Å². The number of carbonyl (C=O) groups excluding carboxylic acids is 1. The molecule has 1 aromatic carbocycles. The van der Waals surface area contributed by atoms with E-state index in [1.807, 2.05) is 31.2 Å². The fourth-order valence-electron chi connectivity index (χ4n) is 2.19. The van der Waals surface area contributed by atoms with E-state index >= 15 is 0 Å². The quantitative estimate of drug-likeness (QED) is 0.815. The Bertz CT molecular complexity index is 712. The van der Waals surface area contributed by atoms with Crippen LogP contribution in [-0.2, 0) is 10.2 Å². The molecule has 128 valence electrons. The number of aliphatic hydroxyl groups excluding tert-OH is 1. The highest BCUT2D eigenvalue weighted by Crippen LogP contribution is 2.23. The summed E-state index contributed by atoms with van der Waals surface area (Å²) < 4.78 is 0. The van der Waals surface area contributed by atoms with Crippen molar-refractivity contribution < 1.29 is 9.90 Å². The van der Waals surface area contributed by atoms with Crippen molar-refractivity contribution in [3.63, 3.8) is 0 Å². The highest BCUT2D eigenvalue weighted by atomic mass is 32.1. The van der Waals surface area contributed by atoms with Crippen molar-refractivity contribution in [2.45, 2.75) is 39.2 Å². The fourth-order valence-corrected chi connectivity index (χ4v) is 2.88. The van der Waals surface area contributed by atoms with Crippen LogP contribution in [0.3, 0.4) is 0 Å². The minimum Gasteiger partial charge on any atom is -0.387 e. The molecule has 0 saturated heterocycles. The molecular formula is C19H24N2O2S. The Balaban J connectivity index is 1.87. The molecule has 1 amide bonds. The summed E-state index contributed by atoms with van der Waals surface area (Å²) in [6, 6.07) is 7.86. The van der Waals surface area contributed by atoms with Gasteiger partial charge in [0.1, 0.15) is 0 Å². The lowest BCUT2D eigenvalue weighted by molar-refractivity contribution is -0.116. The van der Waals surface area contributed by atoms with E-state index in [0.717, 1.165) is 15.4 Å². The van der Waals surface area contributed by atoms with Gasteiger partial charge in [-0.1, -0.05) is 45.0 Å². The minimum atomic E-state index is -0.720. The molecule has 1 heterocycles. The molecule has 0 radical (unpaired) electrons. The van der Waals surface area contributed by atoms with Crippen molar-refractivity contribution in [1.82, 2.24) is 10.3 Å². The third kappa shape index (κ3) is 5.28. The second-order valence-electron chi connectivity index (χ2n) is 6.75. The zero-order valence-electron chi connectivity index (χ0n) is 14.5. The van der Waals surface area contributed by atoms with Crippen LogP contribution in [0.1, 0.15) is 47.9 Å². The molecule has 2 rings (SSSR count). The van der Waals surface area contributed by atoms with Crippen LogP contribution >= 0.6 is 11.3 Å². The lowest BCUT2D eigenvalue weighted by Crippen LogP contribution is -2.26. The topological polar surface area (TPSA) is 62.2 Å². The van der Waals surface area contributed by atoms with Crippen molar-refractivity contribution in [2.24, 2.45) is 0 Å². The van der Waals surface area contributed by atoms with Crippen LogP contribution in [0.5, 0.6) is 0 Å². The summed E-state index contributed by atoms with van der Waals surface area (Å²) in [5, 5.41) is 13.9. The Labute approximate surface area is 147 Å². The summed E-state index contributed by atoms with van der Waals surface area (Å²) >= 11 is 1.53. The number of nitrogens with one attached hydrogen (secondary N) is 1. The van der Waals surface area contributed by atoms with Crippen LogP contribution in [-0.4, -0.2) is 22.5 Å². The number of hydrogen-bond donors (Lipinski definition) is 2. The first kappa shape index (κ1) is 18.4. The van der Waals surface area contributed by atoms with Gasteiger partial charge < -0.3 is 10.4 Å². The lowest BCUT2D eigenvalue weighted by atomic mass is 9.86. The van der Waals surface area contributed by atoms with Gasteiger partial charge >= 0.3 is 0 Å². The van der Waals surface area contributed by atoms with E-state index in [2.05, 4.69) is 31.1 Å². The van der Waals surface area contributed by atoms with Crippen LogP contribution in [0.4, 0.5) is 0 Å². The number of thiazole rings is 1. The smallest absolute Gasteiger partial charge is 0.244 e. The molecule has 0 fully saturated rings. The summed E-state index contributed by atoms with van der Waals surface area (Å²) in [4.78, 5) is 16.9. The van der Waals surface area contributed by atoms with E-state index in [1.54, 1.807) is 12.3 Å². The van der Waals surface area contributed by atoms with Crippen LogP contribution in [0.25, 0.3) is 6.08 Å². The summed E-state index contributed by atoms with van der Waals surface area (Å²) in [7, 11) is 0. The van der Waals surface area contributed by atoms with Gasteiger partial charge in [0.25, 0.3) is 0 Å². The van der Waals surface area contributed by atoms with Crippen LogP contribution in [0.2, 0.25) is 0 Å². The second kappa shape index (κ2) is 7.73. The van der Waals surface area contributed by atoms with Gasteiger partial charge in [-0.3, -0.25) is 4.79 Å². The predicted octanol–water partition coefficient (Wildman–Crippen LogP) is 3.61. The molecule has 1 atom stereocenters. The van der Waals surface area contributed by atoms with Crippen molar-refractivity contribution in [3.8, 4) is 0 Å². The first-order valence-corrected chi connectivity index (χ1v) is 8.74. The van der Waals surface area contributed by atoms with E-state index in [0.29, 0.717) is 0 Å². The molecule has 4 nitrogen and oxygen atoms in total. The Morgan fingerprint density at radius 2 is 2.00 bits per heavy atom. The molecule has 5 heteroatoms. The Kier molecular flexibility index (Phi) is 5.91. The van der Waals surface area contributed by atoms with Crippen molar-refractivity contribution in [2.75, 3.05) is 6.54 Å². The van der Waals surface area contributed by atoms with Gasteiger partial charge in [-0.2, -0.15) is 0 Å². The number of aryl methyl sites for hydroxylation is 1. The highest BCUT2D eigenvalue weighted by molar-refractivity contribution is 7.12. The van der Waals surface area contributed by atoms with Gasteiger partial charge in [-0.05, 0) is 29.5 Å². The molecule has 1 unspecified atom stereocenters. The maximum atomic E-state index is 11.8. The molecule has 0 spiro atoms. The third-order valence-corrected chi connectivity index (χ3v) is 4.55. The van der Waals surface area contributed by atoms with Gasteiger partial charge in [-0.15, -0.1) is 11.3 Å². The number of carbonyl (C=O) groups is 1. The molecule has 2 aromatic rings. The Hall–Kier alpha value is -1.98. The van der Waals surface area contributed by atoms with Gasteiger partial charge in [0.15, 0.2) is 0 Å². The van der Waals surface area contributed by atoms with Crippen LogP contribution in [0, 0.1) is 6.92 Å². The molecule has 0 saturated carbocycles. The second-order valence-corrected chi connectivity index (χ2v) is 8.01. The normalized spacial score (nSPS) is 13.2. The number of aliphatic hydroxyl groups is 1. The number of hydrogen-bond acceptors (Lipinski definition) is 4. The molecular weight excluding hydrogens is 320 g/mol. The number of amides is 1. The summed E-state index contributed by atoms with van der Waals surface area (Å²) in [5.41, 5.74) is 2.09. The zero-order chi connectivity index (χ0) is 17.7. The summed E-state index contributed by atoms with van der Waals surface area (Å²) in [6.45, 7) is 8.55. The molecule has 2 N–H and O–H groups in total. The Morgan fingerprint density at radius 1 is 1.33 bits per heavy atom. The third-order valence-electron chi connectivity index (χ3n) is 3.67. The fraction of sp³-hybridized carbons (Fsp3) is 0.368. The summed E-state index contributed by atoms with van der Waals surface area (Å²) in [6.07, 6.45) is 4.20. The monoisotopic (exact) mass is 344 g/mol. The highest BCUT2D eigenvalue weighted by Gasteiger charge is 2.14. The van der Waals surface area contributed by atoms with Gasteiger partial charge in [0.2, 0.25) is 5.91 Å². The number of aromatic nitrogens is 1. The average Bonchev–Trinajstić information content (AvgIpc) is 2.95. The predicted molar refractivity (Wildman–Crippen MR) is 99.0 cm³/mol. The molecule has 0 aliphatic rings. The van der Waals surface area contributed by atoms with E-state index in [1.165, 1.54) is 23.0 Å². The first-order valence-electron chi connectivity index (χ1n) is 7.92. The van der Waals surface area contributed by atoms with Crippen LogP contribution in [0.15, 0.2) is 36.5 Å². The van der Waals surface area contributed by atoms with Gasteiger partial charge in [0.05, 0.1) is 11.1 Å². The SMILES string of the molecule is Cc1ncc(/C=C/C(=O)NCC(O)c2ccc(C(C)(C)C)cc2)s1. The largest absolute Gasteiger partial charge is 0.387 e. The van der Waals surface area contributed by atoms with Crippen LogP contribution < -0.4 is 5.32 Å². The van der Waals surface area contributed by atoms with E-state index < -0.39 is 6.10 Å². The molecule has 1 aromatic heterocycles. The van der Waals surface area contributed by atoms with E-state index in [-0.39, 0.29) is 17.9 Å². The van der Waals surface area contributed by atoms with E-state index in [9.17, 15) is 9.90 Å². The number of benzene rings is 1. The average molecular weight is 344 g/mol. The molecule has 0 aliphatic heterocycles. The van der Waals surface area contributed by atoms with Crippen molar-refractivity contribution in [3.05, 3.63) is 57.6 Å². The summed E-state index contributed by atoms with van der Waals surface area (Å²) in [5.74, 6) is -0.230. The van der Waals surface area contributed by atoms with Gasteiger partial charge in [-0.25, -0.2) is 4.98 Å². The first-order chi connectivity index (χ1) is 11.3. The maximum absolute atomic E-state index is 11.8. The molecule has 24 heavy (non-hydrogen) atoms. The Morgan fingerprint density at radius 3 is 2.54 bits per heavy atom. The standard InChI is InChI=1S/C19H24N2O2S/c1-13-20-11-16(24-13)9-10-18(23)21-12-17(22)14-5-7-15(8-6-14)19(2,3)4/h5-11,17,22H,12H2,1-4H3,(H,21,23)/b10-9+. The maximum Gasteiger partial charge on any atom is 0.244 e. The number of nitrogens with zero attached hydrogens (tertiary/aromatic N) is 1. The molecule has 0 aliphatic carbocycles. The van der Waals surface area contributed by atoms with Crippen molar-refractivity contribution in [1.29, 1.82) is 0 Å². The zero-order valence-corrected chi connectivity index (χ0v) is 15.4. The minimum absolute atomic E-state index is 0.0808. The lowest BCUT2D eigenvalue weighted by Gasteiger charge is -2.20. The molecule has 0 bridgehead atoms.